The second-order valence-corrected chi connectivity index (χ2v) is 7.14. The number of benzene rings is 1. The highest BCUT2D eigenvalue weighted by Gasteiger charge is 1.99. The summed E-state index contributed by atoms with van der Waals surface area (Å²) in [6.45, 7) is 5.14. The number of hydrogen-bond acceptors (Lipinski definition) is 3. The molecule has 1 aromatic carbocycles. The normalized spacial score (nSPS) is 11.0. The lowest BCUT2D eigenvalue weighted by atomic mass is 10.1. The number of amides is 1. The number of hydrazone groups is 1. The van der Waals surface area contributed by atoms with Gasteiger partial charge in [0.15, 0.2) is 0 Å². The van der Waals surface area contributed by atoms with Gasteiger partial charge in [-0.15, -0.1) is 0 Å². The average Bonchev–Trinajstić information content (AvgIpc) is 2.68. The van der Waals surface area contributed by atoms with Crippen molar-refractivity contribution < 1.29 is 9.53 Å². The largest absolute Gasteiger partial charge is 0.494 e. The Kier molecular flexibility index (Phi) is 14.0. The zero-order valence-corrected chi connectivity index (χ0v) is 17.3. The fraction of sp³-hybridized carbons (Fsp3) is 0.652. The van der Waals surface area contributed by atoms with E-state index in [0.29, 0.717) is 6.42 Å². The van der Waals surface area contributed by atoms with Crippen LogP contribution in [-0.4, -0.2) is 18.7 Å². The van der Waals surface area contributed by atoms with Crippen LogP contribution in [0.4, 0.5) is 0 Å². The molecule has 4 heteroatoms. The summed E-state index contributed by atoms with van der Waals surface area (Å²) in [6.07, 6.45) is 15.7. The molecule has 0 spiro atoms. The van der Waals surface area contributed by atoms with E-state index in [1.807, 2.05) is 24.3 Å². The summed E-state index contributed by atoms with van der Waals surface area (Å²) in [5.74, 6) is 0.865. The minimum absolute atomic E-state index is 0.00582. The number of unbranched alkanes of at least 4 members (excludes halogenated alkanes) is 9. The van der Waals surface area contributed by atoms with Crippen molar-refractivity contribution in [1.29, 1.82) is 0 Å². The topological polar surface area (TPSA) is 50.7 Å². The van der Waals surface area contributed by atoms with Gasteiger partial charge in [-0.2, -0.15) is 5.10 Å². The van der Waals surface area contributed by atoms with Crippen molar-refractivity contribution in [3.05, 3.63) is 29.8 Å². The predicted octanol–water partition coefficient (Wildman–Crippen LogP) is 6.24. The van der Waals surface area contributed by atoms with E-state index >= 15 is 0 Å². The molecule has 0 aliphatic rings. The number of ether oxygens (including phenoxy) is 1. The number of rotatable bonds is 16. The molecule has 1 N–H and O–H groups in total. The van der Waals surface area contributed by atoms with E-state index in [0.717, 1.165) is 43.6 Å². The van der Waals surface area contributed by atoms with Gasteiger partial charge in [-0.05, 0) is 42.7 Å². The molecule has 0 aromatic heterocycles. The van der Waals surface area contributed by atoms with Crippen molar-refractivity contribution in [3.63, 3.8) is 0 Å². The third kappa shape index (κ3) is 13.0. The maximum atomic E-state index is 11.8. The van der Waals surface area contributed by atoms with Crippen LogP contribution in [0.3, 0.4) is 0 Å². The maximum absolute atomic E-state index is 11.8. The van der Waals surface area contributed by atoms with E-state index < -0.39 is 0 Å². The van der Waals surface area contributed by atoms with Gasteiger partial charge in [-0.3, -0.25) is 4.79 Å². The van der Waals surface area contributed by atoms with Gasteiger partial charge in [0.25, 0.3) is 0 Å². The Hall–Kier alpha value is -1.84. The number of nitrogens with one attached hydrogen (secondary N) is 1. The highest BCUT2D eigenvalue weighted by atomic mass is 16.5. The van der Waals surface area contributed by atoms with Crippen LogP contribution in [0.2, 0.25) is 0 Å². The Bertz CT molecular complexity index is 512. The van der Waals surface area contributed by atoms with Crippen molar-refractivity contribution in [3.8, 4) is 5.75 Å². The molecule has 1 aromatic rings. The minimum Gasteiger partial charge on any atom is -0.494 e. The van der Waals surface area contributed by atoms with Crippen LogP contribution in [0.15, 0.2) is 29.4 Å². The van der Waals surface area contributed by atoms with E-state index in [-0.39, 0.29) is 5.91 Å². The smallest absolute Gasteiger partial charge is 0.240 e. The van der Waals surface area contributed by atoms with E-state index in [1.54, 1.807) is 6.21 Å². The van der Waals surface area contributed by atoms with Crippen molar-refractivity contribution in [2.24, 2.45) is 5.10 Å². The van der Waals surface area contributed by atoms with Crippen molar-refractivity contribution in [2.75, 3.05) is 6.61 Å². The molecule has 152 valence electrons. The summed E-state index contributed by atoms with van der Waals surface area (Å²) < 4.78 is 5.63. The van der Waals surface area contributed by atoms with Crippen molar-refractivity contribution >= 4 is 12.1 Å². The fourth-order valence-corrected chi connectivity index (χ4v) is 2.82. The van der Waals surface area contributed by atoms with Crippen LogP contribution in [-0.2, 0) is 4.79 Å². The zero-order valence-electron chi connectivity index (χ0n) is 17.3. The third-order valence-electron chi connectivity index (χ3n) is 4.56. The Balaban J connectivity index is 2.06. The zero-order chi connectivity index (χ0) is 19.6. The van der Waals surface area contributed by atoms with E-state index in [4.69, 9.17) is 4.74 Å². The Morgan fingerprint density at radius 3 is 2.11 bits per heavy atom. The quantitative estimate of drug-likeness (QED) is 0.212. The second kappa shape index (κ2) is 16.3. The molecule has 0 bridgehead atoms. The standard InChI is InChI=1S/C23H38N2O2/c1-3-5-7-8-9-10-11-12-13-14-23(26)25-24-20-21-15-17-22(18-16-21)27-19-6-4-2/h15-18,20H,3-14,19H2,1-2H3,(H,25,26). The SMILES string of the molecule is CCCCCCCCCCCC(=O)NN=Cc1ccc(OCCCC)cc1. The van der Waals surface area contributed by atoms with Gasteiger partial charge in [0.2, 0.25) is 5.91 Å². The molecule has 0 atom stereocenters. The molecular formula is C23H38N2O2. The van der Waals surface area contributed by atoms with Crippen molar-refractivity contribution in [2.45, 2.75) is 90.9 Å². The van der Waals surface area contributed by atoms with E-state index in [2.05, 4.69) is 24.4 Å². The summed E-state index contributed by atoms with van der Waals surface area (Å²) in [4.78, 5) is 11.8. The lowest BCUT2D eigenvalue weighted by Gasteiger charge is -2.05. The minimum atomic E-state index is -0.00582. The third-order valence-corrected chi connectivity index (χ3v) is 4.56. The first kappa shape index (κ1) is 23.2. The molecule has 1 amide bonds. The molecule has 27 heavy (non-hydrogen) atoms. The first-order valence-electron chi connectivity index (χ1n) is 10.8. The number of carbonyl (C=O) groups excluding carboxylic acids is 1. The summed E-state index contributed by atoms with van der Waals surface area (Å²) in [5.41, 5.74) is 3.56. The predicted molar refractivity (Wildman–Crippen MR) is 114 cm³/mol. The molecular weight excluding hydrogens is 336 g/mol. The molecule has 0 fully saturated rings. The van der Waals surface area contributed by atoms with E-state index in [1.165, 1.54) is 44.9 Å². The van der Waals surface area contributed by atoms with Gasteiger partial charge in [0.1, 0.15) is 5.75 Å². The van der Waals surface area contributed by atoms with Gasteiger partial charge >= 0.3 is 0 Å². The molecule has 4 nitrogen and oxygen atoms in total. The molecule has 0 aliphatic heterocycles. The number of carbonyl (C=O) groups is 1. The lowest BCUT2D eigenvalue weighted by Crippen LogP contribution is -2.16. The van der Waals surface area contributed by atoms with Crippen LogP contribution in [0.1, 0.15) is 96.5 Å². The number of hydrogen-bond donors (Lipinski definition) is 1. The Morgan fingerprint density at radius 2 is 1.48 bits per heavy atom. The maximum Gasteiger partial charge on any atom is 0.240 e. The van der Waals surface area contributed by atoms with Crippen LogP contribution < -0.4 is 10.2 Å². The van der Waals surface area contributed by atoms with Gasteiger partial charge in [-0.25, -0.2) is 5.43 Å². The number of nitrogens with zero attached hydrogens (tertiary/aromatic N) is 1. The summed E-state index contributed by atoms with van der Waals surface area (Å²) in [7, 11) is 0. The fourth-order valence-electron chi connectivity index (χ4n) is 2.82. The van der Waals surface area contributed by atoms with E-state index in [9.17, 15) is 4.79 Å². The molecule has 0 saturated carbocycles. The summed E-state index contributed by atoms with van der Waals surface area (Å²) >= 11 is 0. The summed E-state index contributed by atoms with van der Waals surface area (Å²) in [5, 5.41) is 4.04. The van der Waals surface area contributed by atoms with Gasteiger partial charge in [0, 0.05) is 6.42 Å². The van der Waals surface area contributed by atoms with Gasteiger partial charge in [-0.1, -0.05) is 71.6 Å². The first-order valence-corrected chi connectivity index (χ1v) is 10.8. The van der Waals surface area contributed by atoms with Crippen LogP contribution >= 0.6 is 0 Å². The molecule has 0 aliphatic carbocycles. The average molecular weight is 375 g/mol. The highest BCUT2D eigenvalue weighted by molar-refractivity contribution is 5.82. The van der Waals surface area contributed by atoms with Crippen LogP contribution in [0.25, 0.3) is 0 Å². The molecule has 0 unspecified atom stereocenters. The highest BCUT2D eigenvalue weighted by Crippen LogP contribution is 2.12. The second-order valence-electron chi connectivity index (χ2n) is 7.14. The molecule has 0 radical (unpaired) electrons. The van der Waals surface area contributed by atoms with Gasteiger partial charge in [0.05, 0.1) is 12.8 Å². The molecule has 1 rings (SSSR count). The first-order chi connectivity index (χ1) is 13.3. The lowest BCUT2D eigenvalue weighted by molar-refractivity contribution is -0.121. The Morgan fingerprint density at radius 1 is 0.889 bits per heavy atom. The monoisotopic (exact) mass is 374 g/mol. The van der Waals surface area contributed by atoms with Crippen molar-refractivity contribution in [1.82, 2.24) is 5.43 Å². The molecule has 0 heterocycles. The van der Waals surface area contributed by atoms with Crippen LogP contribution in [0.5, 0.6) is 5.75 Å². The Labute approximate surface area is 165 Å². The molecule has 0 saturated heterocycles. The summed E-state index contributed by atoms with van der Waals surface area (Å²) in [6, 6.07) is 7.75. The van der Waals surface area contributed by atoms with Gasteiger partial charge < -0.3 is 4.74 Å². The van der Waals surface area contributed by atoms with Crippen LogP contribution in [0, 0.1) is 0 Å².